The molecule has 1 fully saturated rings. The van der Waals surface area contributed by atoms with E-state index in [9.17, 15) is 4.79 Å². The van der Waals surface area contributed by atoms with Gasteiger partial charge >= 0.3 is 0 Å². The molecule has 5 heteroatoms. The summed E-state index contributed by atoms with van der Waals surface area (Å²) in [7, 11) is 0. The van der Waals surface area contributed by atoms with Gasteiger partial charge in [-0.2, -0.15) is 0 Å². The van der Waals surface area contributed by atoms with E-state index in [2.05, 4.69) is 4.98 Å². The predicted octanol–water partition coefficient (Wildman–Crippen LogP) is 1.54. The molecule has 1 aliphatic carbocycles. The maximum Gasteiger partial charge on any atom is 0.293 e. The van der Waals surface area contributed by atoms with E-state index in [1.807, 2.05) is 35.2 Å². The van der Waals surface area contributed by atoms with Crippen molar-refractivity contribution in [3.05, 3.63) is 58.6 Å². The highest BCUT2D eigenvalue weighted by molar-refractivity contribution is 5.37. The van der Waals surface area contributed by atoms with Crippen molar-refractivity contribution in [2.24, 2.45) is 5.73 Å². The van der Waals surface area contributed by atoms with Gasteiger partial charge in [0.25, 0.3) is 5.56 Å². The molecule has 0 atom stereocenters. The lowest BCUT2D eigenvalue weighted by molar-refractivity contribution is 0.679. The van der Waals surface area contributed by atoms with Crippen LogP contribution in [0.2, 0.25) is 0 Å². The second-order valence-electron chi connectivity index (χ2n) is 5.39. The monoisotopic (exact) mass is 284 g/mol. The van der Waals surface area contributed by atoms with E-state index in [-0.39, 0.29) is 5.56 Å². The average Bonchev–Trinajstić information content (AvgIpc) is 3.33. The predicted molar refractivity (Wildman–Crippen MR) is 83.3 cm³/mol. The van der Waals surface area contributed by atoms with Crippen LogP contribution in [0.15, 0.2) is 47.5 Å². The summed E-state index contributed by atoms with van der Waals surface area (Å²) < 4.78 is 1.80. The normalized spacial score (nSPS) is 14.1. The molecule has 0 unspecified atom stereocenters. The molecule has 1 heterocycles. The molecule has 0 radical (unpaired) electrons. The molecular weight excluding hydrogens is 264 g/mol. The van der Waals surface area contributed by atoms with Gasteiger partial charge in [-0.15, -0.1) is 0 Å². The highest BCUT2D eigenvalue weighted by Crippen LogP contribution is 2.33. The molecule has 2 aromatic rings. The molecule has 2 N–H and O–H groups in total. The lowest BCUT2D eigenvalue weighted by Gasteiger charge is -2.23. The van der Waals surface area contributed by atoms with Crippen molar-refractivity contribution in [2.75, 3.05) is 18.0 Å². The Kier molecular flexibility index (Phi) is 4.01. The summed E-state index contributed by atoms with van der Waals surface area (Å²) in [5.74, 6) is 0.499. The number of nitrogens with zero attached hydrogens (tertiary/aromatic N) is 3. The van der Waals surface area contributed by atoms with Crippen LogP contribution in [0.5, 0.6) is 0 Å². The first-order valence-corrected chi connectivity index (χ1v) is 7.35. The Hall–Kier alpha value is -2.14. The summed E-state index contributed by atoms with van der Waals surface area (Å²) in [5, 5.41) is 0. The first-order chi connectivity index (χ1) is 10.3. The topological polar surface area (TPSA) is 64.2 Å². The van der Waals surface area contributed by atoms with Crippen LogP contribution < -0.4 is 16.2 Å². The van der Waals surface area contributed by atoms with Crippen LogP contribution in [-0.4, -0.2) is 22.6 Å². The third kappa shape index (κ3) is 3.13. The summed E-state index contributed by atoms with van der Waals surface area (Å²) in [6.07, 6.45) is 5.66. The molecule has 110 valence electrons. The molecule has 0 bridgehead atoms. The first-order valence-electron chi connectivity index (χ1n) is 7.35. The van der Waals surface area contributed by atoms with E-state index in [0.29, 0.717) is 31.5 Å². The first kappa shape index (κ1) is 13.8. The molecule has 3 rings (SSSR count). The lowest BCUT2D eigenvalue weighted by Crippen LogP contribution is -2.36. The van der Waals surface area contributed by atoms with Crippen LogP contribution in [0.1, 0.15) is 24.4 Å². The smallest absolute Gasteiger partial charge is 0.293 e. The minimum atomic E-state index is -0.00983. The van der Waals surface area contributed by atoms with Crippen LogP contribution in [0.4, 0.5) is 5.82 Å². The number of rotatable bonds is 6. The van der Waals surface area contributed by atoms with Crippen LogP contribution in [0.25, 0.3) is 0 Å². The number of aromatic nitrogens is 2. The number of hydrogen-bond acceptors (Lipinski definition) is 4. The van der Waals surface area contributed by atoms with Gasteiger partial charge in [-0.25, -0.2) is 4.98 Å². The molecule has 1 saturated carbocycles. The fraction of sp³-hybridized carbons (Fsp3) is 0.375. The maximum atomic E-state index is 12.6. The summed E-state index contributed by atoms with van der Waals surface area (Å²) in [6.45, 7) is 1.76. The van der Waals surface area contributed by atoms with E-state index < -0.39 is 0 Å². The number of hydrogen-bond donors (Lipinski definition) is 1. The van der Waals surface area contributed by atoms with E-state index in [4.69, 9.17) is 5.73 Å². The molecule has 5 nitrogen and oxygen atoms in total. The largest absolute Gasteiger partial charge is 0.346 e. The zero-order chi connectivity index (χ0) is 14.7. The van der Waals surface area contributed by atoms with Gasteiger partial charge in [-0.05, 0) is 18.4 Å². The van der Waals surface area contributed by atoms with Gasteiger partial charge in [0.1, 0.15) is 0 Å². The summed E-state index contributed by atoms with van der Waals surface area (Å²) in [5.41, 5.74) is 6.84. The van der Waals surface area contributed by atoms with Crippen molar-refractivity contribution in [3.63, 3.8) is 0 Å². The number of nitrogens with two attached hydrogens (primary N) is 1. The Bertz CT molecular complexity index is 649. The standard InChI is InChI=1S/C16H20N4O/c17-8-10-19(12-13-4-2-1-3-5-13)15-16(21)20(11-9-18-15)14-6-7-14/h1-5,9,11,14H,6-8,10,12,17H2. The minimum absolute atomic E-state index is 0.00983. The van der Waals surface area contributed by atoms with E-state index >= 15 is 0 Å². The van der Waals surface area contributed by atoms with Crippen molar-refractivity contribution in [2.45, 2.75) is 25.4 Å². The summed E-state index contributed by atoms with van der Waals surface area (Å²) >= 11 is 0. The SMILES string of the molecule is NCCN(Cc1ccccc1)c1nccn(C2CC2)c1=O. The van der Waals surface area contributed by atoms with Gasteiger partial charge in [0.2, 0.25) is 0 Å². The Balaban J connectivity index is 1.90. The van der Waals surface area contributed by atoms with E-state index in [1.54, 1.807) is 17.0 Å². The van der Waals surface area contributed by atoms with Crippen LogP contribution in [0.3, 0.4) is 0 Å². The van der Waals surface area contributed by atoms with Crippen LogP contribution in [0, 0.1) is 0 Å². The van der Waals surface area contributed by atoms with Crippen LogP contribution in [-0.2, 0) is 6.54 Å². The average molecular weight is 284 g/mol. The zero-order valence-electron chi connectivity index (χ0n) is 12.0. The molecule has 1 aliphatic rings. The highest BCUT2D eigenvalue weighted by Gasteiger charge is 2.26. The minimum Gasteiger partial charge on any atom is -0.346 e. The summed E-state index contributed by atoms with van der Waals surface area (Å²) in [4.78, 5) is 18.8. The molecule has 0 saturated heterocycles. The van der Waals surface area contributed by atoms with Crippen LogP contribution >= 0.6 is 0 Å². The van der Waals surface area contributed by atoms with Gasteiger partial charge in [0.15, 0.2) is 5.82 Å². The third-order valence-electron chi connectivity index (χ3n) is 3.70. The van der Waals surface area contributed by atoms with Crippen molar-refractivity contribution >= 4 is 5.82 Å². The highest BCUT2D eigenvalue weighted by atomic mass is 16.1. The van der Waals surface area contributed by atoms with Crippen molar-refractivity contribution in [1.29, 1.82) is 0 Å². The van der Waals surface area contributed by atoms with Gasteiger partial charge < -0.3 is 15.2 Å². The maximum absolute atomic E-state index is 12.6. The van der Waals surface area contributed by atoms with Gasteiger partial charge in [-0.3, -0.25) is 4.79 Å². The molecule has 0 aliphatic heterocycles. The number of benzene rings is 1. The molecular formula is C16H20N4O. The molecule has 0 spiro atoms. The van der Waals surface area contributed by atoms with Crippen molar-refractivity contribution in [1.82, 2.24) is 9.55 Å². The lowest BCUT2D eigenvalue weighted by atomic mass is 10.2. The molecule has 1 aromatic carbocycles. The third-order valence-corrected chi connectivity index (χ3v) is 3.70. The summed E-state index contributed by atoms with van der Waals surface area (Å²) in [6, 6.07) is 10.4. The Labute approximate surface area is 124 Å². The molecule has 1 aromatic heterocycles. The van der Waals surface area contributed by atoms with Crippen molar-refractivity contribution in [3.8, 4) is 0 Å². The second kappa shape index (κ2) is 6.10. The number of anilines is 1. The Morgan fingerprint density at radius 2 is 2.05 bits per heavy atom. The van der Waals surface area contributed by atoms with E-state index in [0.717, 1.165) is 18.4 Å². The van der Waals surface area contributed by atoms with Gasteiger partial charge in [0.05, 0.1) is 0 Å². The van der Waals surface area contributed by atoms with Gasteiger partial charge in [0, 0.05) is 38.1 Å². The second-order valence-corrected chi connectivity index (χ2v) is 5.39. The Morgan fingerprint density at radius 1 is 1.29 bits per heavy atom. The van der Waals surface area contributed by atoms with Gasteiger partial charge in [-0.1, -0.05) is 30.3 Å². The fourth-order valence-electron chi connectivity index (χ4n) is 2.49. The fourth-order valence-corrected chi connectivity index (χ4v) is 2.49. The van der Waals surface area contributed by atoms with E-state index in [1.165, 1.54) is 0 Å². The van der Waals surface area contributed by atoms with Crippen molar-refractivity contribution < 1.29 is 0 Å². The molecule has 0 amide bonds. The Morgan fingerprint density at radius 3 is 2.71 bits per heavy atom. The molecule has 21 heavy (non-hydrogen) atoms. The zero-order valence-corrected chi connectivity index (χ0v) is 12.0. The quantitative estimate of drug-likeness (QED) is 0.874.